The van der Waals surface area contributed by atoms with E-state index in [2.05, 4.69) is 68.4 Å². The number of nitrogens with one attached hydrogen (secondary N) is 1. The lowest BCUT2D eigenvalue weighted by Gasteiger charge is -2.20. The Balaban J connectivity index is 1.84. The van der Waals surface area contributed by atoms with Crippen molar-refractivity contribution in [2.75, 3.05) is 5.32 Å². The first-order valence-electron chi connectivity index (χ1n) is 8.39. The number of carbonyl (C=O) groups is 1. The molecule has 3 aromatic rings. The molecule has 2 nitrogen and oxygen atoms in total. The van der Waals surface area contributed by atoms with Gasteiger partial charge in [0.25, 0.3) is 0 Å². The van der Waals surface area contributed by atoms with Crippen LogP contribution in [0.2, 0.25) is 0 Å². The lowest BCUT2D eigenvalue weighted by molar-refractivity contribution is 0.0976. The summed E-state index contributed by atoms with van der Waals surface area (Å²) in [5.41, 5.74) is 4.02. The van der Waals surface area contributed by atoms with Gasteiger partial charge in [-0.2, -0.15) is 0 Å². The van der Waals surface area contributed by atoms with Crippen LogP contribution in [-0.2, 0) is 0 Å². The predicted octanol–water partition coefficient (Wildman–Crippen LogP) is 6.95. The van der Waals surface area contributed by atoms with Crippen molar-refractivity contribution in [3.63, 3.8) is 0 Å². The first-order chi connectivity index (χ1) is 12.5. The fourth-order valence-corrected chi connectivity index (χ4v) is 3.27. The second-order valence-electron chi connectivity index (χ2n) is 6.25. The third-order valence-electron chi connectivity index (χ3n) is 4.22. The maximum Gasteiger partial charge on any atom is 0.165 e. The Morgan fingerprint density at radius 1 is 0.846 bits per heavy atom. The van der Waals surface area contributed by atoms with Gasteiger partial charge in [0.05, 0.1) is 6.04 Å². The van der Waals surface area contributed by atoms with Crippen LogP contribution < -0.4 is 5.32 Å². The number of aryl methyl sites for hydroxylation is 1. The van der Waals surface area contributed by atoms with Crippen molar-refractivity contribution in [3.8, 4) is 0 Å². The molecule has 26 heavy (non-hydrogen) atoms. The highest BCUT2D eigenvalue weighted by Gasteiger charge is 2.17. The van der Waals surface area contributed by atoms with Crippen LogP contribution in [0, 0.1) is 6.92 Å². The number of carbonyl (C=O) groups excluding carboxylic acids is 1. The van der Waals surface area contributed by atoms with E-state index in [4.69, 9.17) is 0 Å². The zero-order chi connectivity index (χ0) is 18.5. The summed E-state index contributed by atoms with van der Waals surface area (Å²) in [4.78, 5) is 12.8. The number of rotatable bonds is 6. The van der Waals surface area contributed by atoms with E-state index >= 15 is 0 Å². The van der Waals surface area contributed by atoms with Gasteiger partial charge in [-0.15, -0.1) is 0 Å². The summed E-state index contributed by atoms with van der Waals surface area (Å²) in [6.07, 6.45) is 0.390. The second-order valence-corrected chi connectivity index (χ2v) is 8.08. The molecule has 4 heteroatoms. The van der Waals surface area contributed by atoms with E-state index in [-0.39, 0.29) is 11.8 Å². The second kappa shape index (κ2) is 8.65. The minimum absolute atomic E-state index is 0.0899. The first-order valence-corrected chi connectivity index (χ1v) is 9.97. The standard InChI is InChI=1S/C22H19Br2NO/c1-15-2-4-16(5-3-15)21(25-20-12-10-19(24)11-13-20)14-22(26)17-6-8-18(23)9-7-17/h2-13,21,25H,14H2,1H3. The normalized spacial score (nSPS) is 11.8. The minimum atomic E-state index is -0.0899. The van der Waals surface area contributed by atoms with Gasteiger partial charge in [-0.3, -0.25) is 4.79 Å². The average molecular weight is 473 g/mol. The summed E-state index contributed by atoms with van der Waals surface area (Å²) >= 11 is 6.87. The molecule has 0 aliphatic heterocycles. The summed E-state index contributed by atoms with van der Waals surface area (Å²) < 4.78 is 2.00. The van der Waals surface area contributed by atoms with Crippen molar-refractivity contribution in [2.24, 2.45) is 0 Å². The predicted molar refractivity (Wildman–Crippen MR) is 115 cm³/mol. The van der Waals surface area contributed by atoms with Crippen molar-refractivity contribution in [2.45, 2.75) is 19.4 Å². The molecule has 0 bridgehead atoms. The van der Waals surface area contributed by atoms with Gasteiger partial charge in [0, 0.05) is 26.6 Å². The minimum Gasteiger partial charge on any atom is -0.378 e. The van der Waals surface area contributed by atoms with E-state index < -0.39 is 0 Å². The number of hydrogen-bond donors (Lipinski definition) is 1. The van der Waals surface area contributed by atoms with E-state index in [9.17, 15) is 4.79 Å². The highest BCUT2D eigenvalue weighted by Crippen LogP contribution is 2.26. The van der Waals surface area contributed by atoms with Crippen molar-refractivity contribution in [3.05, 3.63) is 98.4 Å². The van der Waals surface area contributed by atoms with E-state index in [1.54, 1.807) is 0 Å². The van der Waals surface area contributed by atoms with Crippen LogP contribution in [0.25, 0.3) is 0 Å². The lowest BCUT2D eigenvalue weighted by Crippen LogP contribution is -2.16. The third-order valence-corrected chi connectivity index (χ3v) is 5.28. The number of halogens is 2. The molecule has 0 saturated carbocycles. The number of anilines is 1. The number of hydrogen-bond acceptors (Lipinski definition) is 2. The zero-order valence-corrected chi connectivity index (χ0v) is 17.5. The highest BCUT2D eigenvalue weighted by molar-refractivity contribution is 9.10. The topological polar surface area (TPSA) is 29.1 Å². The van der Waals surface area contributed by atoms with Gasteiger partial charge < -0.3 is 5.32 Å². The molecule has 1 N–H and O–H groups in total. The maximum absolute atomic E-state index is 12.8. The van der Waals surface area contributed by atoms with Crippen molar-refractivity contribution < 1.29 is 4.79 Å². The van der Waals surface area contributed by atoms with Gasteiger partial charge in [-0.05, 0) is 48.9 Å². The molecule has 0 heterocycles. The van der Waals surface area contributed by atoms with Crippen LogP contribution in [0.1, 0.15) is 33.9 Å². The van der Waals surface area contributed by atoms with E-state index in [1.807, 2.05) is 48.5 Å². The number of Topliss-reactive ketones (excluding diaryl/α,β-unsaturated/α-hetero) is 1. The van der Waals surface area contributed by atoms with Crippen LogP contribution in [0.4, 0.5) is 5.69 Å². The SMILES string of the molecule is Cc1ccc(C(CC(=O)c2ccc(Br)cc2)Nc2ccc(Br)cc2)cc1. The van der Waals surface area contributed by atoms with Gasteiger partial charge in [0.2, 0.25) is 0 Å². The Labute approximate surface area is 170 Å². The Bertz CT molecular complexity index is 872. The average Bonchev–Trinajstić information content (AvgIpc) is 2.64. The summed E-state index contributed by atoms with van der Waals surface area (Å²) in [5.74, 6) is 0.118. The molecular weight excluding hydrogens is 454 g/mol. The van der Waals surface area contributed by atoms with Crippen LogP contribution >= 0.6 is 31.9 Å². The molecule has 0 aliphatic carbocycles. The summed E-state index contributed by atoms with van der Waals surface area (Å²) in [5, 5.41) is 3.50. The Morgan fingerprint density at radius 2 is 1.38 bits per heavy atom. The van der Waals surface area contributed by atoms with Crippen LogP contribution in [0.15, 0.2) is 81.7 Å². The van der Waals surface area contributed by atoms with Crippen molar-refractivity contribution in [1.82, 2.24) is 0 Å². The molecule has 0 aromatic heterocycles. The molecule has 1 atom stereocenters. The molecule has 0 spiro atoms. The van der Waals surface area contributed by atoms with Crippen LogP contribution in [0.3, 0.4) is 0 Å². The maximum atomic E-state index is 12.8. The molecule has 0 saturated heterocycles. The van der Waals surface area contributed by atoms with Gasteiger partial charge in [-0.25, -0.2) is 0 Å². The molecule has 3 aromatic carbocycles. The van der Waals surface area contributed by atoms with Crippen molar-refractivity contribution >= 4 is 43.3 Å². The Morgan fingerprint density at radius 3 is 1.96 bits per heavy atom. The van der Waals surface area contributed by atoms with Gasteiger partial charge in [-0.1, -0.05) is 73.8 Å². The molecule has 0 amide bonds. The smallest absolute Gasteiger partial charge is 0.165 e. The fourth-order valence-electron chi connectivity index (χ4n) is 2.74. The third kappa shape index (κ3) is 5.05. The zero-order valence-electron chi connectivity index (χ0n) is 14.4. The summed E-state index contributed by atoms with van der Waals surface area (Å²) in [6.45, 7) is 2.06. The fraction of sp³-hybridized carbons (Fsp3) is 0.136. The van der Waals surface area contributed by atoms with Gasteiger partial charge in [0.1, 0.15) is 0 Å². The molecule has 1 unspecified atom stereocenters. The Hall–Kier alpha value is -1.91. The number of benzene rings is 3. The molecule has 0 radical (unpaired) electrons. The van der Waals surface area contributed by atoms with Gasteiger partial charge in [0.15, 0.2) is 5.78 Å². The molecule has 0 fully saturated rings. The van der Waals surface area contributed by atoms with Crippen LogP contribution in [0.5, 0.6) is 0 Å². The highest BCUT2D eigenvalue weighted by atomic mass is 79.9. The van der Waals surface area contributed by atoms with Crippen molar-refractivity contribution in [1.29, 1.82) is 0 Å². The van der Waals surface area contributed by atoms with E-state index in [1.165, 1.54) is 5.56 Å². The van der Waals surface area contributed by atoms with E-state index in [0.717, 1.165) is 25.8 Å². The molecular formula is C22H19Br2NO. The molecule has 3 rings (SSSR count). The molecule has 132 valence electrons. The summed E-state index contributed by atoms with van der Waals surface area (Å²) in [7, 11) is 0. The van der Waals surface area contributed by atoms with Gasteiger partial charge >= 0.3 is 0 Å². The lowest BCUT2D eigenvalue weighted by atomic mass is 9.97. The van der Waals surface area contributed by atoms with E-state index in [0.29, 0.717) is 6.42 Å². The Kier molecular flexibility index (Phi) is 6.28. The van der Waals surface area contributed by atoms with Crippen LogP contribution in [-0.4, -0.2) is 5.78 Å². The molecule has 0 aliphatic rings. The monoisotopic (exact) mass is 471 g/mol. The summed E-state index contributed by atoms with van der Waals surface area (Å²) in [6, 6.07) is 23.8. The first kappa shape index (κ1) is 18.9. The quantitative estimate of drug-likeness (QED) is 0.393. The number of ketones is 1. The largest absolute Gasteiger partial charge is 0.378 e.